The minimum atomic E-state index is -0.169. The first-order valence-electron chi connectivity index (χ1n) is 9.98. The predicted octanol–water partition coefficient (Wildman–Crippen LogP) is 3.77. The maximum Gasteiger partial charge on any atom is 0.137 e. The highest BCUT2D eigenvalue weighted by molar-refractivity contribution is 5.87. The third kappa shape index (κ3) is 2.12. The van der Waals surface area contributed by atoms with Crippen LogP contribution in [0.1, 0.15) is 72.1 Å². The van der Waals surface area contributed by atoms with E-state index < -0.39 is 0 Å². The maximum atomic E-state index is 13.3. The monoisotopic (exact) mass is 332 g/mol. The van der Waals surface area contributed by atoms with Crippen LogP contribution in [0, 0.1) is 40.4 Å². The summed E-state index contributed by atoms with van der Waals surface area (Å²) in [6.45, 7) is 6.28. The van der Waals surface area contributed by atoms with Crippen molar-refractivity contribution in [1.82, 2.24) is 0 Å². The lowest BCUT2D eigenvalue weighted by Gasteiger charge is -2.59. The lowest BCUT2D eigenvalue weighted by atomic mass is 9.44. The predicted molar refractivity (Wildman–Crippen MR) is 92.3 cm³/mol. The molecule has 4 saturated carbocycles. The molecular formula is C21H32O3. The Balaban J connectivity index is 1.68. The Labute approximate surface area is 145 Å². The quantitative estimate of drug-likeness (QED) is 0.795. The van der Waals surface area contributed by atoms with E-state index in [9.17, 15) is 14.7 Å². The van der Waals surface area contributed by atoms with Crippen molar-refractivity contribution in [3.8, 4) is 0 Å². The molecule has 1 N–H and O–H groups in total. The van der Waals surface area contributed by atoms with Crippen molar-refractivity contribution in [2.45, 2.75) is 78.2 Å². The van der Waals surface area contributed by atoms with Gasteiger partial charge in [-0.3, -0.25) is 9.59 Å². The Morgan fingerprint density at radius 3 is 2.54 bits per heavy atom. The molecule has 0 bridgehead atoms. The zero-order chi connectivity index (χ0) is 17.3. The fourth-order valence-electron chi connectivity index (χ4n) is 7.72. The Morgan fingerprint density at radius 1 is 1.08 bits per heavy atom. The zero-order valence-corrected chi connectivity index (χ0v) is 15.4. The SMILES string of the molecule is CC(=O)[C@H]1CCC2C3CCC4C[C@H](O)CC[C@]4(C)C3C(=O)C[C@@]21C. The van der Waals surface area contributed by atoms with Crippen LogP contribution in [0.2, 0.25) is 0 Å². The van der Waals surface area contributed by atoms with Crippen molar-refractivity contribution < 1.29 is 14.7 Å². The van der Waals surface area contributed by atoms with E-state index in [1.165, 1.54) is 0 Å². The van der Waals surface area contributed by atoms with E-state index in [2.05, 4.69) is 13.8 Å². The van der Waals surface area contributed by atoms with Gasteiger partial charge in [-0.15, -0.1) is 0 Å². The second-order valence-electron chi connectivity index (χ2n) is 9.85. The average molecular weight is 332 g/mol. The summed E-state index contributed by atoms with van der Waals surface area (Å²) in [4.78, 5) is 25.5. The van der Waals surface area contributed by atoms with Gasteiger partial charge in [0.2, 0.25) is 0 Å². The highest BCUT2D eigenvalue weighted by atomic mass is 16.3. The fraction of sp³-hybridized carbons (Fsp3) is 0.905. The molecule has 4 rings (SSSR count). The maximum absolute atomic E-state index is 13.3. The molecule has 4 fully saturated rings. The number of hydrogen-bond donors (Lipinski definition) is 1. The molecule has 4 aliphatic carbocycles. The largest absolute Gasteiger partial charge is 0.393 e. The fourth-order valence-corrected chi connectivity index (χ4v) is 7.72. The molecule has 0 aromatic carbocycles. The topological polar surface area (TPSA) is 54.4 Å². The van der Waals surface area contributed by atoms with E-state index in [1.54, 1.807) is 6.92 Å². The van der Waals surface area contributed by atoms with Crippen LogP contribution >= 0.6 is 0 Å². The number of aliphatic hydroxyl groups is 1. The molecule has 134 valence electrons. The molecule has 4 unspecified atom stereocenters. The van der Waals surface area contributed by atoms with E-state index >= 15 is 0 Å². The number of ketones is 2. The summed E-state index contributed by atoms with van der Waals surface area (Å²) in [6.07, 6.45) is 7.53. The Hall–Kier alpha value is -0.700. The Morgan fingerprint density at radius 2 is 1.83 bits per heavy atom. The minimum absolute atomic E-state index is 0.0782. The molecule has 0 aliphatic heterocycles. The van der Waals surface area contributed by atoms with Gasteiger partial charge in [-0.2, -0.15) is 0 Å². The molecule has 24 heavy (non-hydrogen) atoms. The lowest BCUT2D eigenvalue weighted by Crippen LogP contribution is -2.58. The lowest BCUT2D eigenvalue weighted by molar-refractivity contribution is -0.162. The number of Topliss-reactive ketones (excluding diaryl/α,β-unsaturated/α-hetero) is 2. The number of fused-ring (bicyclic) bond motifs is 5. The van der Waals surface area contributed by atoms with Crippen LogP contribution in [-0.2, 0) is 9.59 Å². The molecular weight excluding hydrogens is 300 g/mol. The molecule has 0 aromatic heterocycles. The van der Waals surface area contributed by atoms with Gasteiger partial charge in [0.25, 0.3) is 0 Å². The van der Waals surface area contributed by atoms with Gasteiger partial charge in [0.05, 0.1) is 6.10 Å². The molecule has 8 atom stereocenters. The van der Waals surface area contributed by atoms with Crippen molar-refractivity contribution in [2.75, 3.05) is 0 Å². The normalized spacial score (nSPS) is 53.9. The molecule has 3 nitrogen and oxygen atoms in total. The van der Waals surface area contributed by atoms with Crippen molar-refractivity contribution in [3.63, 3.8) is 0 Å². The van der Waals surface area contributed by atoms with Crippen molar-refractivity contribution in [2.24, 2.45) is 40.4 Å². The van der Waals surface area contributed by atoms with E-state index in [1.807, 2.05) is 0 Å². The molecule has 0 heterocycles. The summed E-state index contributed by atoms with van der Waals surface area (Å²) in [6, 6.07) is 0. The summed E-state index contributed by atoms with van der Waals surface area (Å²) < 4.78 is 0. The Kier molecular flexibility index (Phi) is 3.77. The van der Waals surface area contributed by atoms with Crippen molar-refractivity contribution >= 4 is 11.6 Å². The highest BCUT2D eigenvalue weighted by Crippen LogP contribution is 2.66. The molecule has 3 heteroatoms. The van der Waals surface area contributed by atoms with Gasteiger partial charge in [0.1, 0.15) is 11.6 Å². The van der Waals surface area contributed by atoms with Gasteiger partial charge in [-0.05, 0) is 80.5 Å². The molecule has 0 spiro atoms. The van der Waals surface area contributed by atoms with E-state index in [0.29, 0.717) is 30.0 Å². The molecule has 0 amide bonds. The summed E-state index contributed by atoms with van der Waals surface area (Å²) in [5.74, 6) is 2.48. The minimum Gasteiger partial charge on any atom is -0.393 e. The third-order valence-electron chi connectivity index (χ3n) is 8.81. The van der Waals surface area contributed by atoms with Crippen LogP contribution in [0.25, 0.3) is 0 Å². The molecule has 0 saturated heterocycles. The molecule has 0 aromatic rings. The van der Waals surface area contributed by atoms with Crippen LogP contribution < -0.4 is 0 Å². The molecule has 0 radical (unpaired) electrons. The van der Waals surface area contributed by atoms with E-state index in [-0.39, 0.29) is 34.6 Å². The smallest absolute Gasteiger partial charge is 0.137 e. The highest BCUT2D eigenvalue weighted by Gasteiger charge is 2.63. The van der Waals surface area contributed by atoms with Crippen LogP contribution in [0.4, 0.5) is 0 Å². The van der Waals surface area contributed by atoms with Crippen LogP contribution in [0.3, 0.4) is 0 Å². The van der Waals surface area contributed by atoms with Gasteiger partial charge in [0.15, 0.2) is 0 Å². The summed E-state index contributed by atoms with van der Waals surface area (Å²) in [5, 5.41) is 10.1. The van der Waals surface area contributed by atoms with Gasteiger partial charge in [-0.1, -0.05) is 13.8 Å². The second kappa shape index (κ2) is 5.40. The van der Waals surface area contributed by atoms with E-state index in [0.717, 1.165) is 44.9 Å². The van der Waals surface area contributed by atoms with Crippen molar-refractivity contribution in [1.29, 1.82) is 0 Å². The van der Waals surface area contributed by atoms with Crippen molar-refractivity contribution in [3.05, 3.63) is 0 Å². The summed E-state index contributed by atoms with van der Waals surface area (Å²) in [7, 11) is 0. The van der Waals surface area contributed by atoms with Gasteiger partial charge in [-0.25, -0.2) is 0 Å². The first-order chi connectivity index (χ1) is 11.3. The average Bonchev–Trinajstić information content (AvgIpc) is 2.84. The standard InChI is InChI=1S/C21H32O3/c1-12(22)16-6-7-17-15-5-4-13-10-14(23)8-9-20(13,2)19(15)18(24)11-21(16,17)3/h13-17,19,23H,4-11H2,1-3H3/t13?,14-,15?,16-,17?,19?,20+,21-/m1/s1. The van der Waals surface area contributed by atoms with Crippen LogP contribution in [0.5, 0.6) is 0 Å². The van der Waals surface area contributed by atoms with E-state index in [4.69, 9.17) is 0 Å². The number of carbonyl (C=O) groups excluding carboxylic acids is 2. The second-order valence-corrected chi connectivity index (χ2v) is 9.85. The van der Waals surface area contributed by atoms with Gasteiger partial charge < -0.3 is 5.11 Å². The number of rotatable bonds is 1. The van der Waals surface area contributed by atoms with Gasteiger partial charge >= 0.3 is 0 Å². The molecule has 4 aliphatic rings. The van der Waals surface area contributed by atoms with Crippen LogP contribution in [-0.4, -0.2) is 22.8 Å². The zero-order valence-electron chi connectivity index (χ0n) is 15.4. The van der Waals surface area contributed by atoms with Gasteiger partial charge in [0, 0.05) is 18.3 Å². The number of aliphatic hydroxyl groups excluding tert-OH is 1. The summed E-state index contributed by atoms with van der Waals surface area (Å²) in [5.41, 5.74) is -0.0175. The number of hydrogen-bond acceptors (Lipinski definition) is 3. The first kappa shape index (κ1) is 16.8. The Bertz CT molecular complexity index is 569. The third-order valence-corrected chi connectivity index (χ3v) is 8.81. The summed E-state index contributed by atoms with van der Waals surface area (Å²) >= 11 is 0. The van der Waals surface area contributed by atoms with Crippen LogP contribution in [0.15, 0.2) is 0 Å². The number of carbonyl (C=O) groups is 2. The first-order valence-corrected chi connectivity index (χ1v) is 9.98.